The van der Waals surface area contributed by atoms with Crippen molar-refractivity contribution in [1.29, 1.82) is 0 Å². The van der Waals surface area contributed by atoms with Crippen molar-refractivity contribution in [3.8, 4) is 0 Å². The molecule has 0 bridgehead atoms. The smallest absolute Gasteiger partial charge is 0.338 e. The molecular weight excluding hydrogens is 148 g/mol. The van der Waals surface area contributed by atoms with E-state index in [1.807, 2.05) is 0 Å². The summed E-state index contributed by atoms with van der Waals surface area (Å²) in [4.78, 5) is 10.4. The first-order valence-corrected chi connectivity index (χ1v) is 3.62. The number of carbonyl (C=O) groups is 1. The van der Waals surface area contributed by atoms with Gasteiger partial charge in [0.1, 0.15) is 0 Å². The lowest BCUT2D eigenvalue weighted by molar-refractivity contribution is -0.172. The van der Waals surface area contributed by atoms with Crippen LogP contribution in [0.1, 0.15) is 26.7 Å². The lowest BCUT2D eigenvalue weighted by atomic mass is 9.92. The van der Waals surface area contributed by atoms with Crippen LogP contribution in [-0.2, 0) is 4.79 Å². The van der Waals surface area contributed by atoms with Crippen LogP contribution in [-0.4, -0.2) is 33.0 Å². The van der Waals surface area contributed by atoms with E-state index in [2.05, 4.69) is 0 Å². The van der Waals surface area contributed by atoms with Crippen LogP contribution >= 0.6 is 0 Å². The van der Waals surface area contributed by atoms with E-state index in [9.17, 15) is 9.90 Å². The van der Waals surface area contributed by atoms with Crippen molar-refractivity contribution in [3.63, 3.8) is 0 Å². The summed E-state index contributed by atoms with van der Waals surface area (Å²) >= 11 is 0. The fourth-order valence-electron chi connectivity index (χ4n) is 0.867. The molecule has 0 saturated carbocycles. The Labute approximate surface area is 65.5 Å². The quantitative estimate of drug-likeness (QED) is 0.543. The molecule has 11 heavy (non-hydrogen) atoms. The molecule has 0 aromatic rings. The average molecular weight is 162 g/mol. The molecule has 0 spiro atoms. The van der Waals surface area contributed by atoms with E-state index in [1.165, 1.54) is 6.92 Å². The molecule has 0 rings (SSSR count). The van der Waals surface area contributed by atoms with Crippen molar-refractivity contribution in [2.24, 2.45) is 0 Å². The van der Waals surface area contributed by atoms with E-state index in [4.69, 9.17) is 10.2 Å². The molecule has 4 nitrogen and oxygen atoms in total. The van der Waals surface area contributed by atoms with E-state index in [0.717, 1.165) is 0 Å². The molecule has 2 atom stereocenters. The molecule has 0 radical (unpaired) electrons. The molecular formula is C7H14O4. The summed E-state index contributed by atoms with van der Waals surface area (Å²) in [6.07, 6.45) is -0.946. The monoisotopic (exact) mass is 162 g/mol. The zero-order valence-electron chi connectivity index (χ0n) is 6.74. The first-order chi connectivity index (χ1) is 4.99. The van der Waals surface area contributed by atoms with Crippen molar-refractivity contribution < 1.29 is 20.1 Å². The highest BCUT2D eigenvalue weighted by Crippen LogP contribution is 2.17. The number of aliphatic hydroxyl groups is 2. The molecule has 0 aromatic heterocycles. The molecule has 0 aliphatic carbocycles. The molecule has 0 heterocycles. The van der Waals surface area contributed by atoms with Gasteiger partial charge in [0.2, 0.25) is 0 Å². The Hall–Kier alpha value is -0.610. The van der Waals surface area contributed by atoms with Gasteiger partial charge in [0, 0.05) is 0 Å². The zero-order chi connectivity index (χ0) is 9.07. The molecule has 0 aromatic carbocycles. The second-order valence-electron chi connectivity index (χ2n) is 2.51. The van der Waals surface area contributed by atoms with Crippen LogP contribution in [0.3, 0.4) is 0 Å². The number of rotatable bonds is 4. The van der Waals surface area contributed by atoms with Crippen molar-refractivity contribution in [1.82, 2.24) is 0 Å². The maximum Gasteiger partial charge on any atom is 0.338 e. The van der Waals surface area contributed by atoms with Crippen LogP contribution < -0.4 is 0 Å². The van der Waals surface area contributed by atoms with Gasteiger partial charge in [-0.1, -0.05) is 13.8 Å². The molecule has 3 N–H and O–H groups in total. The number of aliphatic carboxylic acids is 1. The van der Waals surface area contributed by atoms with Gasteiger partial charge in [0.15, 0.2) is 5.60 Å². The van der Waals surface area contributed by atoms with Crippen molar-refractivity contribution in [2.75, 3.05) is 0 Å². The first kappa shape index (κ1) is 10.4. The molecule has 0 unspecified atom stereocenters. The Balaban J connectivity index is 4.45. The third kappa shape index (κ3) is 1.91. The summed E-state index contributed by atoms with van der Waals surface area (Å²) in [6.45, 7) is 3.14. The van der Waals surface area contributed by atoms with E-state index in [1.54, 1.807) is 6.92 Å². The SMILES string of the molecule is CC[C@H](O)[C@](O)(CC)C(=O)O. The lowest BCUT2D eigenvalue weighted by Crippen LogP contribution is -2.48. The summed E-state index contributed by atoms with van der Waals surface area (Å²) in [5, 5.41) is 27.0. The van der Waals surface area contributed by atoms with E-state index >= 15 is 0 Å². The predicted molar refractivity (Wildman–Crippen MR) is 39.2 cm³/mol. The van der Waals surface area contributed by atoms with Gasteiger partial charge < -0.3 is 15.3 Å². The molecule has 0 fully saturated rings. The molecule has 0 aliphatic rings. The van der Waals surface area contributed by atoms with Gasteiger partial charge in [-0.25, -0.2) is 4.79 Å². The van der Waals surface area contributed by atoms with Gasteiger partial charge in [0.25, 0.3) is 0 Å². The summed E-state index contributed by atoms with van der Waals surface area (Å²) in [6, 6.07) is 0. The minimum absolute atomic E-state index is 0.0112. The molecule has 0 amide bonds. The topological polar surface area (TPSA) is 77.8 Å². The maximum atomic E-state index is 10.4. The van der Waals surface area contributed by atoms with Crippen LogP contribution in [0.2, 0.25) is 0 Å². The third-order valence-corrected chi connectivity index (χ3v) is 1.85. The summed E-state index contributed by atoms with van der Waals surface area (Å²) in [5.74, 6) is -1.37. The van der Waals surface area contributed by atoms with Crippen LogP contribution in [0.5, 0.6) is 0 Å². The Morgan fingerprint density at radius 2 is 2.00 bits per heavy atom. The predicted octanol–water partition coefficient (Wildman–Crippen LogP) is -0.0170. The normalized spacial score (nSPS) is 18.9. The van der Waals surface area contributed by atoms with E-state index < -0.39 is 17.7 Å². The molecule has 66 valence electrons. The Kier molecular flexibility index (Phi) is 3.48. The minimum Gasteiger partial charge on any atom is -0.479 e. The second-order valence-corrected chi connectivity index (χ2v) is 2.51. The van der Waals surface area contributed by atoms with Crippen LogP contribution in [0.4, 0.5) is 0 Å². The maximum absolute atomic E-state index is 10.4. The van der Waals surface area contributed by atoms with E-state index in [-0.39, 0.29) is 12.8 Å². The Bertz CT molecular complexity index is 145. The van der Waals surface area contributed by atoms with Gasteiger partial charge in [0.05, 0.1) is 6.10 Å². The van der Waals surface area contributed by atoms with E-state index in [0.29, 0.717) is 0 Å². The Morgan fingerprint density at radius 3 is 2.09 bits per heavy atom. The molecule has 0 aliphatic heterocycles. The van der Waals surface area contributed by atoms with Gasteiger partial charge in [-0.3, -0.25) is 0 Å². The zero-order valence-corrected chi connectivity index (χ0v) is 6.74. The van der Waals surface area contributed by atoms with Crippen molar-refractivity contribution >= 4 is 5.97 Å². The number of carboxylic acids is 1. The largest absolute Gasteiger partial charge is 0.479 e. The summed E-state index contributed by atoms with van der Waals surface area (Å²) < 4.78 is 0. The highest BCUT2D eigenvalue weighted by atomic mass is 16.4. The van der Waals surface area contributed by atoms with Gasteiger partial charge in [-0.05, 0) is 12.8 Å². The number of carboxylic acid groups (broad SMARTS) is 1. The molecule has 4 heteroatoms. The summed E-state index contributed by atoms with van der Waals surface area (Å²) in [5.41, 5.74) is -1.98. The van der Waals surface area contributed by atoms with Crippen LogP contribution in [0.15, 0.2) is 0 Å². The highest BCUT2D eigenvalue weighted by molar-refractivity contribution is 5.77. The van der Waals surface area contributed by atoms with Crippen molar-refractivity contribution in [2.45, 2.75) is 38.4 Å². The minimum atomic E-state index is -1.98. The number of hydrogen-bond acceptors (Lipinski definition) is 3. The number of aliphatic hydroxyl groups excluding tert-OH is 1. The van der Waals surface area contributed by atoms with Gasteiger partial charge >= 0.3 is 5.97 Å². The summed E-state index contributed by atoms with van der Waals surface area (Å²) in [7, 11) is 0. The highest BCUT2D eigenvalue weighted by Gasteiger charge is 2.40. The van der Waals surface area contributed by atoms with Gasteiger partial charge in [-0.2, -0.15) is 0 Å². The first-order valence-electron chi connectivity index (χ1n) is 3.62. The second kappa shape index (κ2) is 3.69. The van der Waals surface area contributed by atoms with Gasteiger partial charge in [-0.15, -0.1) is 0 Å². The lowest BCUT2D eigenvalue weighted by Gasteiger charge is -2.26. The Morgan fingerprint density at radius 1 is 1.55 bits per heavy atom. The number of hydrogen-bond donors (Lipinski definition) is 3. The average Bonchev–Trinajstić information content (AvgIpc) is 2.01. The fraction of sp³-hybridized carbons (Fsp3) is 0.857. The third-order valence-electron chi connectivity index (χ3n) is 1.85. The fourth-order valence-corrected chi connectivity index (χ4v) is 0.867. The van der Waals surface area contributed by atoms with Crippen molar-refractivity contribution in [3.05, 3.63) is 0 Å². The molecule has 0 saturated heterocycles. The van der Waals surface area contributed by atoms with Crippen LogP contribution in [0, 0.1) is 0 Å². The standard InChI is InChI=1S/C7H14O4/c1-3-5(8)7(11,4-2)6(9)10/h5,8,11H,3-4H2,1-2H3,(H,9,10)/t5-,7+/m0/s1. The van der Waals surface area contributed by atoms with Crippen LogP contribution in [0.25, 0.3) is 0 Å².